The van der Waals surface area contributed by atoms with Crippen LogP contribution in [0.15, 0.2) is 87.3 Å². The minimum Gasteiger partial charge on any atom is -0.503 e. The summed E-state index contributed by atoms with van der Waals surface area (Å²) < 4.78 is 14.3. The summed E-state index contributed by atoms with van der Waals surface area (Å²) >= 11 is 17.2. The Morgan fingerprint density at radius 3 is 1.78 bits per heavy atom. The number of halogens is 5. The number of rotatable bonds is 0. The Balaban J connectivity index is 1.48. The Hall–Kier alpha value is -3.64. The minimum atomic E-state index is -0.622. The van der Waals surface area contributed by atoms with Crippen LogP contribution in [0.25, 0.3) is 0 Å². The van der Waals surface area contributed by atoms with Crippen LogP contribution in [-0.4, -0.2) is 57.0 Å². The molecule has 8 rings (SSSR count). The zero-order valence-corrected chi connectivity index (χ0v) is 34.1. The van der Waals surface area contributed by atoms with Crippen LogP contribution in [0.3, 0.4) is 0 Å². The summed E-state index contributed by atoms with van der Waals surface area (Å²) in [7, 11) is 0. The molecule has 4 heterocycles. The van der Waals surface area contributed by atoms with Crippen LogP contribution >= 0.6 is 79.6 Å². The first-order valence-corrected chi connectivity index (χ1v) is 19.0. The molecule has 0 fully saturated rings. The van der Waals surface area contributed by atoms with Gasteiger partial charge >= 0.3 is 0 Å². The van der Waals surface area contributed by atoms with Gasteiger partial charge in [0.2, 0.25) is 0 Å². The van der Waals surface area contributed by atoms with E-state index >= 15 is 0 Å². The second-order valence-electron chi connectivity index (χ2n) is 11.1. The summed E-state index contributed by atoms with van der Waals surface area (Å²) in [4.78, 5) is 26.0. The number of aromatic hydroxyl groups is 2. The molecule has 4 aromatic rings. The maximum atomic E-state index is 13.0. The molecule has 0 aliphatic carbocycles. The van der Waals surface area contributed by atoms with Gasteiger partial charge in [-0.1, -0.05) is 22.4 Å². The van der Waals surface area contributed by atoms with Crippen molar-refractivity contribution in [3.05, 3.63) is 99.2 Å². The van der Waals surface area contributed by atoms with Gasteiger partial charge in [-0.05, 0) is 157 Å². The first-order chi connectivity index (χ1) is 24.4. The number of carbonyl (C=O) groups is 2. The molecular formula is C34H27Br5N4O8. The zero-order valence-electron chi connectivity index (χ0n) is 26.1. The highest BCUT2D eigenvalue weighted by atomic mass is 79.9. The average Bonchev–Trinajstić information content (AvgIpc) is 3.09. The third kappa shape index (κ3) is 9.43. The summed E-state index contributed by atoms with van der Waals surface area (Å²) in [5.41, 5.74) is 2.27. The Labute approximate surface area is 333 Å². The van der Waals surface area contributed by atoms with Crippen molar-refractivity contribution < 1.29 is 39.7 Å². The number of phenolic OH excluding ortho intramolecular Hbond substituents is 2. The number of amides is 2. The van der Waals surface area contributed by atoms with Gasteiger partial charge in [-0.25, -0.2) is 0 Å². The van der Waals surface area contributed by atoms with Crippen molar-refractivity contribution in [2.24, 2.45) is 10.3 Å². The molecule has 0 saturated carbocycles. The molecule has 0 unspecified atom stereocenters. The van der Waals surface area contributed by atoms with Gasteiger partial charge < -0.3 is 40.7 Å². The lowest BCUT2D eigenvalue weighted by Gasteiger charge is -2.16. The molecule has 8 bridgehead atoms. The predicted octanol–water partition coefficient (Wildman–Crippen LogP) is 8.27. The molecule has 51 heavy (non-hydrogen) atoms. The topological polar surface area (TPSA) is 182 Å². The van der Waals surface area contributed by atoms with Crippen molar-refractivity contribution in [2.45, 2.75) is 25.7 Å². The second-order valence-corrected chi connectivity index (χ2v) is 15.3. The fourth-order valence-corrected chi connectivity index (χ4v) is 7.82. The summed E-state index contributed by atoms with van der Waals surface area (Å²) in [5.74, 6) is -0.614. The van der Waals surface area contributed by atoms with E-state index in [1.807, 2.05) is 6.07 Å². The molecule has 0 radical (unpaired) electrons. The quantitative estimate of drug-likeness (QED) is 0.0752. The standard InChI is InChI=1S/C34H27Br5N4O8/c35-20-3-1-16-5-7-40-33(46)24(42-48)12-17-10-22(37)32(23(38)11-17)51-28-15-18(9-21(36)30(28)44)13-25(43-49)34(47)41-8-6-19-2-4-26(31(45)29(19)39)50-27(20)14-16/h1-4,9-11,14-15,44-45,48-49H,5-8,12-13H2,(H,40,46)(H,41,47). The predicted molar refractivity (Wildman–Crippen MR) is 207 cm³/mol. The Bertz CT molecular complexity index is 2050. The fourth-order valence-electron chi connectivity index (χ4n) is 5.04. The fraction of sp³-hybridized carbons (Fsp3) is 0.176. The van der Waals surface area contributed by atoms with Crippen LogP contribution in [0.1, 0.15) is 22.3 Å². The number of phenols is 2. The summed E-state index contributed by atoms with van der Waals surface area (Å²) in [6, 6.07) is 15.2. The molecule has 4 aromatic carbocycles. The SMILES string of the molecule is O=C1NCCc2ccc(Br)c(c2)Oc2ccc(c(Br)c2O)CCNC(=O)C(=NO)Cc2cc(Br)c(O)c(c2)Oc2c(Br)cc(cc2Br)CC1=NO. The Kier molecular flexibility index (Phi) is 13.1. The van der Waals surface area contributed by atoms with Crippen molar-refractivity contribution >= 4 is 103 Å². The highest BCUT2D eigenvalue weighted by Crippen LogP contribution is 2.44. The van der Waals surface area contributed by atoms with Crippen molar-refractivity contribution in [1.29, 1.82) is 0 Å². The number of hydrogen-bond donors (Lipinski definition) is 6. The van der Waals surface area contributed by atoms with Gasteiger partial charge in [-0.3, -0.25) is 9.59 Å². The lowest BCUT2D eigenvalue weighted by atomic mass is 10.1. The monoisotopic (exact) mass is 1010 g/mol. The van der Waals surface area contributed by atoms with Crippen LogP contribution < -0.4 is 20.1 Å². The molecule has 266 valence electrons. The number of benzene rings is 4. The first-order valence-electron chi connectivity index (χ1n) is 15.0. The number of oxime groups is 2. The third-order valence-electron chi connectivity index (χ3n) is 7.62. The molecule has 0 spiro atoms. The molecule has 0 saturated heterocycles. The summed E-state index contributed by atoms with van der Waals surface area (Å²) in [5, 5.41) is 53.1. The molecule has 2 amide bonds. The normalized spacial score (nSPS) is 16.2. The molecule has 12 nitrogen and oxygen atoms in total. The van der Waals surface area contributed by atoms with Crippen molar-refractivity contribution in [2.75, 3.05) is 13.1 Å². The van der Waals surface area contributed by atoms with Crippen LogP contribution in [0.2, 0.25) is 0 Å². The Morgan fingerprint density at radius 2 is 1.16 bits per heavy atom. The van der Waals surface area contributed by atoms with E-state index in [1.165, 1.54) is 6.07 Å². The van der Waals surface area contributed by atoms with E-state index in [-0.39, 0.29) is 70.6 Å². The lowest BCUT2D eigenvalue weighted by molar-refractivity contribution is -0.115. The molecule has 0 aromatic heterocycles. The number of ether oxygens (including phenoxy) is 2. The van der Waals surface area contributed by atoms with Gasteiger partial charge in [0.15, 0.2) is 28.7 Å². The molecule has 4 aliphatic rings. The van der Waals surface area contributed by atoms with E-state index in [2.05, 4.69) is 101 Å². The molecular weight excluding hydrogens is 992 g/mol. The van der Waals surface area contributed by atoms with Gasteiger partial charge in [0, 0.05) is 25.9 Å². The number of carbonyl (C=O) groups excluding carboxylic acids is 2. The van der Waals surface area contributed by atoms with Gasteiger partial charge in [0.25, 0.3) is 11.8 Å². The first kappa shape index (κ1) is 38.6. The van der Waals surface area contributed by atoms with Crippen LogP contribution in [-0.2, 0) is 35.3 Å². The highest BCUT2D eigenvalue weighted by Gasteiger charge is 2.21. The number of nitrogens with zero attached hydrogens (tertiary/aromatic N) is 2. The maximum absolute atomic E-state index is 13.0. The van der Waals surface area contributed by atoms with E-state index in [0.717, 1.165) is 5.56 Å². The van der Waals surface area contributed by atoms with Crippen LogP contribution in [0, 0.1) is 0 Å². The van der Waals surface area contributed by atoms with E-state index < -0.39 is 11.8 Å². The second kappa shape index (κ2) is 17.3. The Morgan fingerprint density at radius 1 is 0.588 bits per heavy atom. The summed E-state index contributed by atoms with van der Waals surface area (Å²) in [6.07, 6.45) is 0.602. The molecule has 6 N–H and O–H groups in total. The number of hydrogen-bond acceptors (Lipinski definition) is 10. The van der Waals surface area contributed by atoms with Gasteiger partial charge in [-0.2, -0.15) is 0 Å². The highest BCUT2D eigenvalue weighted by molar-refractivity contribution is 9.11. The molecule has 0 atom stereocenters. The molecule has 4 aliphatic heterocycles. The van der Waals surface area contributed by atoms with Crippen molar-refractivity contribution in [3.63, 3.8) is 0 Å². The van der Waals surface area contributed by atoms with Crippen LogP contribution in [0.5, 0.6) is 34.5 Å². The third-order valence-corrected chi connectivity index (χ3v) is 10.9. The van der Waals surface area contributed by atoms with Crippen molar-refractivity contribution in [3.8, 4) is 34.5 Å². The number of nitrogens with one attached hydrogen (secondary N) is 2. The largest absolute Gasteiger partial charge is 0.503 e. The van der Waals surface area contributed by atoms with Crippen molar-refractivity contribution in [1.82, 2.24) is 10.6 Å². The maximum Gasteiger partial charge on any atom is 0.269 e. The average molecular weight is 1020 g/mol. The molecule has 17 heteroatoms. The van der Waals surface area contributed by atoms with E-state index in [4.69, 9.17) is 9.47 Å². The van der Waals surface area contributed by atoms with Gasteiger partial charge in [0.05, 0.1) is 22.4 Å². The zero-order chi connectivity index (χ0) is 36.8. The van der Waals surface area contributed by atoms with E-state index in [0.29, 0.717) is 53.2 Å². The smallest absolute Gasteiger partial charge is 0.269 e. The van der Waals surface area contributed by atoms with Gasteiger partial charge in [-0.15, -0.1) is 0 Å². The van der Waals surface area contributed by atoms with Crippen LogP contribution in [0.4, 0.5) is 0 Å². The minimum absolute atomic E-state index is 0.0223. The van der Waals surface area contributed by atoms with Gasteiger partial charge in [0.1, 0.15) is 17.2 Å². The van der Waals surface area contributed by atoms with E-state index in [9.17, 15) is 30.2 Å². The van der Waals surface area contributed by atoms with E-state index in [1.54, 1.807) is 42.5 Å². The summed E-state index contributed by atoms with van der Waals surface area (Å²) in [6.45, 7) is 0.377. The lowest BCUT2D eigenvalue weighted by Crippen LogP contribution is -2.33.